The predicted molar refractivity (Wildman–Crippen MR) is 181 cm³/mol. The Morgan fingerprint density at radius 2 is 1.59 bits per heavy atom. The van der Waals surface area contributed by atoms with Gasteiger partial charge in [0.15, 0.2) is 16.8 Å². The SMILES string of the molecule is COC(=O)[C@@]12C(=O)C(C)=C(OC)[C@]1(C)C(C)=C[C@H]1[C@]34CC[C@H](OC(=O)[C@](OC)(c5ccccc5)C(C)(C)C)C(C)(C)[C@H]3[C@H](C[C@@]12C)OC4=O. The van der Waals surface area contributed by atoms with Crippen molar-refractivity contribution in [3.63, 3.8) is 0 Å². The second-order valence-electron chi connectivity index (χ2n) is 17.0. The minimum atomic E-state index is -1.67. The molecule has 2 bridgehead atoms. The fourth-order valence-electron chi connectivity index (χ4n) is 12.0. The van der Waals surface area contributed by atoms with Crippen LogP contribution >= 0.6 is 0 Å². The lowest BCUT2D eigenvalue weighted by Crippen LogP contribution is -2.71. The van der Waals surface area contributed by atoms with Gasteiger partial charge in [-0.05, 0) is 45.6 Å². The third-order valence-electron chi connectivity index (χ3n) is 13.9. The molecule has 3 fully saturated rings. The molecular formula is C40H52O9. The second-order valence-corrected chi connectivity index (χ2v) is 17.0. The third kappa shape index (κ3) is 3.81. The normalized spacial score (nSPS) is 38.7. The second kappa shape index (κ2) is 10.8. The van der Waals surface area contributed by atoms with E-state index in [2.05, 4.69) is 6.08 Å². The Labute approximate surface area is 290 Å². The van der Waals surface area contributed by atoms with Crippen LogP contribution in [0.25, 0.3) is 0 Å². The van der Waals surface area contributed by atoms with Crippen molar-refractivity contribution in [3.8, 4) is 0 Å². The van der Waals surface area contributed by atoms with E-state index in [1.165, 1.54) is 21.3 Å². The molecular weight excluding hydrogens is 624 g/mol. The number of esters is 3. The smallest absolute Gasteiger partial charge is 0.343 e. The van der Waals surface area contributed by atoms with Gasteiger partial charge in [0.1, 0.15) is 18.0 Å². The van der Waals surface area contributed by atoms with Crippen molar-refractivity contribution < 1.29 is 42.9 Å². The summed E-state index contributed by atoms with van der Waals surface area (Å²) in [4.78, 5) is 57.9. The van der Waals surface area contributed by atoms with E-state index in [1.807, 2.05) is 85.7 Å². The van der Waals surface area contributed by atoms with Crippen molar-refractivity contribution >= 4 is 23.7 Å². The average molecular weight is 677 g/mol. The molecule has 266 valence electrons. The number of hydrogen-bond acceptors (Lipinski definition) is 9. The fraction of sp³-hybridized carbons (Fsp3) is 0.650. The number of Topliss-reactive ketones (excluding diaryl/α,β-unsaturated/α-hetero) is 1. The molecule has 0 N–H and O–H groups in total. The van der Waals surface area contributed by atoms with Gasteiger partial charge in [-0.3, -0.25) is 14.4 Å². The standard InChI is InChI=1S/C40H52O9/c1-22-20-26-36(8,39(32(43)46-11)29(41)23(2)30(45-10)37(22,39)9)21-25-28-35(6,7)27(18-19-38(26,28)31(42)48-25)49-33(44)40(47-12,34(3,4)5)24-16-14-13-15-17-24/h13-17,20,25-28H,18-19,21H2,1-12H3/t25-,26+,27-,28+,36-,37-,38+,39+,40+/m0/s1. The molecule has 1 aromatic rings. The van der Waals surface area contributed by atoms with Gasteiger partial charge in [0.25, 0.3) is 0 Å². The lowest BCUT2D eigenvalue weighted by Gasteiger charge is -2.66. The molecule has 1 aliphatic heterocycles. The lowest BCUT2D eigenvalue weighted by atomic mass is 9.33. The van der Waals surface area contributed by atoms with Gasteiger partial charge in [0, 0.05) is 40.8 Å². The Hall–Kier alpha value is -3.46. The van der Waals surface area contributed by atoms with Crippen LogP contribution in [-0.4, -0.2) is 57.2 Å². The number of rotatable bonds is 6. The molecule has 0 amide bonds. The molecule has 9 atom stereocenters. The molecule has 1 aromatic carbocycles. The third-order valence-corrected chi connectivity index (χ3v) is 13.9. The molecule has 1 saturated heterocycles. The summed E-state index contributed by atoms with van der Waals surface area (Å²) in [6.45, 7) is 17.4. The maximum atomic E-state index is 14.7. The zero-order valence-corrected chi connectivity index (χ0v) is 31.1. The Morgan fingerprint density at radius 3 is 2.14 bits per heavy atom. The van der Waals surface area contributed by atoms with E-state index >= 15 is 0 Å². The van der Waals surface area contributed by atoms with Crippen molar-refractivity contribution in [2.75, 3.05) is 21.3 Å². The number of benzene rings is 1. The van der Waals surface area contributed by atoms with Crippen LogP contribution in [0.2, 0.25) is 0 Å². The highest BCUT2D eigenvalue weighted by Crippen LogP contribution is 2.79. The van der Waals surface area contributed by atoms with Gasteiger partial charge in [-0.15, -0.1) is 0 Å². The molecule has 0 spiro atoms. The molecule has 49 heavy (non-hydrogen) atoms. The van der Waals surface area contributed by atoms with E-state index in [-0.39, 0.29) is 24.1 Å². The molecule has 2 saturated carbocycles. The van der Waals surface area contributed by atoms with Crippen LogP contribution in [0.1, 0.15) is 87.1 Å². The summed E-state index contributed by atoms with van der Waals surface area (Å²) in [7, 11) is 4.37. The first-order valence-electron chi connectivity index (χ1n) is 17.4. The van der Waals surface area contributed by atoms with E-state index in [1.54, 1.807) is 6.92 Å². The van der Waals surface area contributed by atoms with Crippen LogP contribution in [0.4, 0.5) is 0 Å². The average Bonchev–Trinajstić information content (AvgIpc) is 3.38. The van der Waals surface area contributed by atoms with Gasteiger partial charge in [-0.1, -0.05) is 83.5 Å². The molecule has 9 nitrogen and oxygen atoms in total. The van der Waals surface area contributed by atoms with Crippen LogP contribution in [0.3, 0.4) is 0 Å². The quantitative estimate of drug-likeness (QED) is 0.144. The van der Waals surface area contributed by atoms with Crippen molar-refractivity contribution in [1.82, 2.24) is 0 Å². The number of hydrogen-bond donors (Lipinski definition) is 0. The van der Waals surface area contributed by atoms with Gasteiger partial charge < -0.3 is 23.7 Å². The lowest BCUT2D eigenvalue weighted by molar-refractivity contribution is -0.227. The zero-order chi connectivity index (χ0) is 36.3. The minimum absolute atomic E-state index is 0.248. The van der Waals surface area contributed by atoms with Crippen molar-refractivity contribution in [2.45, 2.75) is 99.4 Å². The summed E-state index contributed by atoms with van der Waals surface area (Å²) < 4.78 is 30.4. The maximum Gasteiger partial charge on any atom is 0.343 e. The molecule has 6 rings (SSSR count). The maximum absolute atomic E-state index is 14.7. The fourth-order valence-corrected chi connectivity index (χ4v) is 12.0. The van der Waals surface area contributed by atoms with Gasteiger partial charge in [-0.2, -0.15) is 0 Å². The topological polar surface area (TPSA) is 114 Å². The van der Waals surface area contributed by atoms with E-state index in [4.69, 9.17) is 23.7 Å². The van der Waals surface area contributed by atoms with E-state index in [9.17, 15) is 19.2 Å². The Balaban J connectivity index is 1.47. The zero-order valence-electron chi connectivity index (χ0n) is 31.1. The Kier molecular flexibility index (Phi) is 7.77. The van der Waals surface area contributed by atoms with Crippen LogP contribution in [0.5, 0.6) is 0 Å². The number of ketones is 1. The highest BCUT2D eigenvalue weighted by atomic mass is 16.6. The van der Waals surface area contributed by atoms with Crippen molar-refractivity contribution in [2.24, 2.45) is 44.3 Å². The summed E-state index contributed by atoms with van der Waals surface area (Å²) in [5.74, 6) is -2.23. The first-order valence-corrected chi connectivity index (χ1v) is 17.4. The summed E-state index contributed by atoms with van der Waals surface area (Å²) >= 11 is 0. The van der Waals surface area contributed by atoms with Gasteiger partial charge in [-0.25, -0.2) is 4.79 Å². The Morgan fingerprint density at radius 1 is 0.959 bits per heavy atom. The molecule has 4 aliphatic carbocycles. The van der Waals surface area contributed by atoms with Gasteiger partial charge in [0.2, 0.25) is 0 Å². The number of methoxy groups -OCH3 is 3. The van der Waals surface area contributed by atoms with E-state index in [0.29, 0.717) is 29.7 Å². The van der Waals surface area contributed by atoms with Crippen molar-refractivity contribution in [1.29, 1.82) is 0 Å². The number of allylic oxidation sites excluding steroid dienone is 3. The van der Waals surface area contributed by atoms with Crippen LogP contribution in [0, 0.1) is 44.3 Å². The minimum Gasteiger partial charge on any atom is -0.500 e. The largest absolute Gasteiger partial charge is 0.500 e. The summed E-state index contributed by atoms with van der Waals surface area (Å²) in [6.07, 6.45) is 1.89. The summed E-state index contributed by atoms with van der Waals surface area (Å²) in [6, 6.07) is 9.41. The van der Waals surface area contributed by atoms with Crippen LogP contribution in [0.15, 0.2) is 53.3 Å². The molecule has 0 aromatic heterocycles. The molecule has 1 heterocycles. The highest BCUT2D eigenvalue weighted by Gasteiger charge is 2.85. The summed E-state index contributed by atoms with van der Waals surface area (Å²) in [5.41, 5.74) is -5.84. The molecule has 0 radical (unpaired) electrons. The number of fused-ring (bicyclic) bond motifs is 3. The number of carbonyl (C=O) groups excluding carboxylic acids is 4. The molecule has 0 unspecified atom stereocenters. The van der Waals surface area contributed by atoms with Crippen LogP contribution < -0.4 is 0 Å². The predicted octanol–water partition coefficient (Wildman–Crippen LogP) is 6.49. The molecule has 9 heteroatoms. The summed E-state index contributed by atoms with van der Waals surface area (Å²) in [5, 5.41) is 0. The van der Waals surface area contributed by atoms with E-state index in [0.717, 1.165) is 5.57 Å². The number of carbonyl (C=O) groups is 4. The Bertz CT molecular complexity index is 1680. The highest BCUT2D eigenvalue weighted by molar-refractivity contribution is 6.17. The first kappa shape index (κ1) is 35.4. The van der Waals surface area contributed by atoms with Gasteiger partial charge >= 0.3 is 17.9 Å². The van der Waals surface area contributed by atoms with E-state index < -0.39 is 68.2 Å². The van der Waals surface area contributed by atoms with Gasteiger partial charge in [0.05, 0.1) is 25.0 Å². The van der Waals surface area contributed by atoms with Crippen molar-refractivity contribution in [3.05, 3.63) is 58.9 Å². The first-order chi connectivity index (χ1) is 22.8. The van der Waals surface area contributed by atoms with Crippen LogP contribution in [-0.2, 0) is 48.5 Å². The monoisotopic (exact) mass is 676 g/mol. The number of ether oxygens (including phenoxy) is 5. The molecule has 5 aliphatic rings.